The summed E-state index contributed by atoms with van der Waals surface area (Å²) in [6, 6.07) is 8.24. The number of nitrogens with one attached hydrogen (secondary N) is 1. The number of nitrogens with two attached hydrogens (primary N) is 1. The Bertz CT molecular complexity index is 917. The van der Waals surface area contributed by atoms with Crippen molar-refractivity contribution in [1.82, 2.24) is 19.6 Å². The topological polar surface area (TPSA) is 115 Å². The monoisotopic (exact) mass is 318 g/mol. The van der Waals surface area contributed by atoms with Crippen LogP contribution < -0.4 is 10.5 Å². The van der Waals surface area contributed by atoms with Gasteiger partial charge in [-0.15, -0.1) is 0 Å². The summed E-state index contributed by atoms with van der Waals surface area (Å²) < 4.78 is 24.0. The second kappa shape index (κ2) is 5.35. The molecule has 9 heteroatoms. The van der Waals surface area contributed by atoms with Crippen molar-refractivity contribution < 1.29 is 8.42 Å². The maximum atomic E-state index is 11.2. The van der Waals surface area contributed by atoms with Gasteiger partial charge in [-0.1, -0.05) is 12.1 Å². The van der Waals surface area contributed by atoms with E-state index in [9.17, 15) is 8.42 Å². The number of aromatic nitrogens is 4. The predicted molar refractivity (Wildman–Crippen MR) is 80.7 cm³/mol. The van der Waals surface area contributed by atoms with E-state index in [1.165, 1.54) is 18.5 Å². The predicted octanol–water partition coefficient (Wildman–Crippen LogP) is 0.692. The summed E-state index contributed by atoms with van der Waals surface area (Å²) in [5.74, 6) is 1.28. The molecule has 8 nitrogen and oxygen atoms in total. The Morgan fingerprint density at radius 1 is 1.27 bits per heavy atom. The Labute approximate surface area is 127 Å². The summed E-state index contributed by atoms with van der Waals surface area (Å²) in [5, 5.41) is 12.4. The van der Waals surface area contributed by atoms with E-state index in [1.807, 2.05) is 13.0 Å². The second-order valence-electron chi connectivity index (χ2n) is 4.80. The van der Waals surface area contributed by atoms with E-state index in [-0.39, 0.29) is 4.90 Å². The van der Waals surface area contributed by atoms with Crippen LogP contribution in [-0.4, -0.2) is 28.0 Å². The van der Waals surface area contributed by atoms with Crippen molar-refractivity contribution in [2.45, 2.75) is 18.4 Å². The summed E-state index contributed by atoms with van der Waals surface area (Å²) in [6.07, 6.45) is 1.44. The molecule has 1 aromatic carbocycles. The Balaban J connectivity index is 1.81. The van der Waals surface area contributed by atoms with Gasteiger partial charge in [0, 0.05) is 18.3 Å². The number of benzene rings is 1. The molecular weight excluding hydrogens is 304 g/mol. The zero-order chi connectivity index (χ0) is 15.7. The van der Waals surface area contributed by atoms with Crippen molar-refractivity contribution in [3.05, 3.63) is 47.9 Å². The molecule has 0 unspecified atom stereocenters. The lowest BCUT2D eigenvalue weighted by atomic mass is 10.2. The van der Waals surface area contributed by atoms with Crippen molar-refractivity contribution in [3.8, 4) is 0 Å². The van der Waals surface area contributed by atoms with Crippen LogP contribution >= 0.6 is 0 Å². The molecule has 22 heavy (non-hydrogen) atoms. The first-order chi connectivity index (χ1) is 10.4. The highest BCUT2D eigenvalue weighted by Gasteiger charge is 2.08. The smallest absolute Gasteiger partial charge is 0.254 e. The van der Waals surface area contributed by atoms with Gasteiger partial charge in [-0.25, -0.2) is 18.5 Å². The van der Waals surface area contributed by atoms with Crippen molar-refractivity contribution in [2.24, 2.45) is 5.14 Å². The van der Waals surface area contributed by atoms with E-state index in [0.717, 1.165) is 17.1 Å². The van der Waals surface area contributed by atoms with Crippen molar-refractivity contribution >= 4 is 21.6 Å². The Kier molecular flexibility index (Phi) is 3.51. The number of primary sulfonamides is 1. The minimum Gasteiger partial charge on any atom is -0.366 e. The molecule has 0 fully saturated rings. The van der Waals surface area contributed by atoms with Gasteiger partial charge in [-0.05, 0) is 24.6 Å². The van der Waals surface area contributed by atoms with Gasteiger partial charge in [0.2, 0.25) is 10.0 Å². The molecule has 0 aliphatic rings. The third-order valence-corrected chi connectivity index (χ3v) is 4.03. The number of aryl methyl sites for hydroxylation is 1. The quantitative estimate of drug-likeness (QED) is 0.731. The van der Waals surface area contributed by atoms with Crippen LogP contribution in [-0.2, 0) is 16.6 Å². The summed E-state index contributed by atoms with van der Waals surface area (Å²) in [6.45, 7) is 2.38. The van der Waals surface area contributed by atoms with E-state index >= 15 is 0 Å². The number of anilines is 1. The Morgan fingerprint density at radius 3 is 2.68 bits per heavy atom. The van der Waals surface area contributed by atoms with E-state index < -0.39 is 10.0 Å². The van der Waals surface area contributed by atoms with Crippen LogP contribution in [0.1, 0.15) is 11.3 Å². The zero-order valence-electron chi connectivity index (χ0n) is 11.8. The van der Waals surface area contributed by atoms with Gasteiger partial charge in [0.05, 0.1) is 4.90 Å². The molecule has 0 aliphatic carbocycles. The number of rotatable bonds is 4. The number of hydrogen-bond donors (Lipinski definition) is 2. The normalized spacial score (nSPS) is 11.7. The average Bonchev–Trinajstić information content (AvgIpc) is 2.92. The van der Waals surface area contributed by atoms with Gasteiger partial charge >= 0.3 is 0 Å². The Hall–Kier alpha value is -2.52. The molecule has 0 aliphatic heterocycles. The van der Waals surface area contributed by atoms with Crippen LogP contribution in [0.3, 0.4) is 0 Å². The van der Waals surface area contributed by atoms with Gasteiger partial charge in [0.25, 0.3) is 5.78 Å². The summed E-state index contributed by atoms with van der Waals surface area (Å²) in [5.41, 5.74) is 1.74. The molecule has 0 amide bonds. The fourth-order valence-corrected chi connectivity index (χ4v) is 2.56. The van der Waals surface area contributed by atoms with E-state index in [2.05, 4.69) is 20.4 Å². The minimum atomic E-state index is -3.66. The second-order valence-corrected chi connectivity index (χ2v) is 6.36. The molecule has 3 N–H and O–H groups in total. The summed E-state index contributed by atoms with van der Waals surface area (Å²) in [7, 11) is -3.66. The maximum Gasteiger partial charge on any atom is 0.254 e. The first-order valence-electron chi connectivity index (χ1n) is 6.46. The van der Waals surface area contributed by atoms with Gasteiger partial charge in [0.1, 0.15) is 12.1 Å². The van der Waals surface area contributed by atoms with Crippen LogP contribution in [0.5, 0.6) is 0 Å². The highest BCUT2D eigenvalue weighted by Crippen LogP contribution is 2.13. The number of hydrogen-bond acceptors (Lipinski definition) is 6. The number of fused-ring (bicyclic) bond motifs is 1. The molecule has 0 atom stereocenters. The molecule has 3 rings (SSSR count). The van der Waals surface area contributed by atoms with Crippen LogP contribution in [0.25, 0.3) is 5.78 Å². The van der Waals surface area contributed by atoms with E-state index in [0.29, 0.717) is 12.3 Å². The minimum absolute atomic E-state index is 0.0923. The first kappa shape index (κ1) is 14.4. The van der Waals surface area contributed by atoms with Crippen LogP contribution in [0.2, 0.25) is 0 Å². The maximum absolute atomic E-state index is 11.2. The lowest BCUT2D eigenvalue weighted by molar-refractivity contribution is 0.598. The molecule has 0 saturated carbocycles. The molecule has 114 valence electrons. The third-order valence-electron chi connectivity index (χ3n) is 3.11. The third kappa shape index (κ3) is 2.90. The van der Waals surface area contributed by atoms with E-state index in [1.54, 1.807) is 16.6 Å². The first-order valence-corrected chi connectivity index (χ1v) is 8.01. The van der Waals surface area contributed by atoms with Crippen molar-refractivity contribution in [1.29, 1.82) is 0 Å². The Morgan fingerprint density at radius 2 is 2.00 bits per heavy atom. The van der Waals surface area contributed by atoms with Crippen LogP contribution in [0.15, 0.2) is 41.6 Å². The molecule has 0 radical (unpaired) electrons. The van der Waals surface area contributed by atoms with Gasteiger partial charge in [-0.2, -0.15) is 14.6 Å². The lowest BCUT2D eigenvalue weighted by Gasteiger charge is -2.09. The van der Waals surface area contributed by atoms with Crippen molar-refractivity contribution in [3.63, 3.8) is 0 Å². The fraction of sp³-hybridized carbons (Fsp3) is 0.154. The molecule has 3 aromatic rings. The zero-order valence-corrected chi connectivity index (χ0v) is 12.6. The van der Waals surface area contributed by atoms with Crippen molar-refractivity contribution in [2.75, 3.05) is 5.32 Å². The largest absolute Gasteiger partial charge is 0.366 e. The molecule has 2 aromatic heterocycles. The summed E-state index contributed by atoms with van der Waals surface area (Å²) in [4.78, 5) is 8.40. The number of nitrogens with zero attached hydrogens (tertiary/aromatic N) is 4. The van der Waals surface area contributed by atoms with Crippen LogP contribution in [0, 0.1) is 6.92 Å². The molecule has 2 heterocycles. The van der Waals surface area contributed by atoms with Gasteiger partial charge in [-0.3, -0.25) is 0 Å². The van der Waals surface area contributed by atoms with Crippen LogP contribution in [0.4, 0.5) is 5.82 Å². The SMILES string of the molecule is Cc1cc(NCc2ccc(S(N)(=O)=O)cc2)n2ncnc2n1. The van der Waals surface area contributed by atoms with E-state index in [4.69, 9.17) is 5.14 Å². The average molecular weight is 318 g/mol. The summed E-state index contributed by atoms with van der Waals surface area (Å²) >= 11 is 0. The molecule has 0 bridgehead atoms. The number of sulfonamides is 1. The lowest BCUT2D eigenvalue weighted by Crippen LogP contribution is -2.12. The highest BCUT2D eigenvalue weighted by atomic mass is 32.2. The van der Waals surface area contributed by atoms with Gasteiger partial charge in [0.15, 0.2) is 0 Å². The highest BCUT2D eigenvalue weighted by molar-refractivity contribution is 7.89. The van der Waals surface area contributed by atoms with Gasteiger partial charge < -0.3 is 5.32 Å². The molecular formula is C13H14N6O2S. The molecule has 0 spiro atoms. The standard InChI is InChI=1S/C13H14N6O2S/c1-9-6-12(19-13(18-9)16-8-17-19)15-7-10-2-4-11(5-3-10)22(14,20)21/h2-6,8,15H,7H2,1H3,(H2,14,20,21). The fourth-order valence-electron chi connectivity index (χ4n) is 2.05. The molecule has 0 saturated heterocycles.